The van der Waals surface area contributed by atoms with Gasteiger partial charge in [0.1, 0.15) is 0 Å². The van der Waals surface area contributed by atoms with E-state index in [9.17, 15) is 14.9 Å². The smallest absolute Gasteiger partial charge is 0.270 e. The molecule has 1 fully saturated rings. The molecule has 1 amide bonds. The van der Waals surface area contributed by atoms with E-state index in [2.05, 4.69) is 10.2 Å². The number of hydrogen-bond donors (Lipinski definition) is 1. The maximum Gasteiger partial charge on any atom is 0.270 e. The third-order valence-electron chi connectivity index (χ3n) is 3.46. The van der Waals surface area contributed by atoms with Gasteiger partial charge in [0, 0.05) is 18.2 Å². The Morgan fingerprint density at radius 1 is 1.45 bits per heavy atom. The van der Waals surface area contributed by atoms with Crippen molar-refractivity contribution in [3.8, 4) is 0 Å². The molecule has 0 unspecified atom stereocenters. The molecule has 0 aliphatic carbocycles. The lowest BCUT2D eigenvalue weighted by atomic mass is 10.0. The molecule has 0 saturated carbocycles. The predicted molar refractivity (Wildman–Crippen MR) is 76.1 cm³/mol. The van der Waals surface area contributed by atoms with Crippen molar-refractivity contribution in [1.82, 2.24) is 10.2 Å². The highest BCUT2D eigenvalue weighted by Crippen LogP contribution is 2.22. The Morgan fingerprint density at radius 3 is 2.65 bits per heavy atom. The first kappa shape index (κ1) is 14.7. The number of non-ortho nitro benzene ring substituents is 1. The fraction of sp³-hybridized carbons (Fsp3) is 0.462. The van der Waals surface area contributed by atoms with E-state index in [1.807, 2.05) is 7.05 Å². The number of benzene rings is 1. The number of carbonyl (C=O) groups is 1. The summed E-state index contributed by atoms with van der Waals surface area (Å²) in [5.74, 6) is -0.278. The van der Waals surface area contributed by atoms with Crippen LogP contribution in [0, 0.1) is 10.1 Å². The van der Waals surface area contributed by atoms with Crippen LogP contribution < -0.4 is 5.32 Å². The van der Waals surface area contributed by atoms with Crippen LogP contribution in [-0.4, -0.2) is 41.9 Å². The van der Waals surface area contributed by atoms with E-state index in [1.165, 1.54) is 18.2 Å². The van der Waals surface area contributed by atoms with Gasteiger partial charge in [-0.1, -0.05) is 11.6 Å². The van der Waals surface area contributed by atoms with Gasteiger partial charge in [0.05, 0.1) is 15.5 Å². The van der Waals surface area contributed by atoms with E-state index < -0.39 is 4.92 Å². The van der Waals surface area contributed by atoms with Crippen LogP contribution in [0.25, 0.3) is 0 Å². The van der Waals surface area contributed by atoms with Crippen LogP contribution in [0.15, 0.2) is 18.2 Å². The normalized spacial score (nSPS) is 16.9. The zero-order valence-electron chi connectivity index (χ0n) is 11.1. The zero-order valence-corrected chi connectivity index (χ0v) is 11.9. The number of rotatable bonds is 3. The largest absolute Gasteiger partial charge is 0.349 e. The molecule has 2 rings (SSSR count). The molecule has 1 aromatic rings. The summed E-state index contributed by atoms with van der Waals surface area (Å²) in [7, 11) is 2.05. The molecule has 6 nitrogen and oxygen atoms in total. The van der Waals surface area contributed by atoms with Crippen molar-refractivity contribution in [2.24, 2.45) is 0 Å². The van der Waals surface area contributed by atoms with Gasteiger partial charge in [-0.05, 0) is 39.0 Å². The number of nitrogens with one attached hydrogen (secondary N) is 1. The van der Waals surface area contributed by atoms with Crippen LogP contribution in [0.2, 0.25) is 5.02 Å². The molecule has 0 atom stereocenters. The molecule has 1 heterocycles. The average Bonchev–Trinajstić information content (AvgIpc) is 2.41. The maximum absolute atomic E-state index is 12.1. The number of nitro benzene ring substituents is 1. The van der Waals surface area contributed by atoms with Crippen molar-refractivity contribution in [3.05, 3.63) is 38.9 Å². The highest BCUT2D eigenvalue weighted by molar-refractivity contribution is 6.34. The molecule has 108 valence electrons. The van der Waals surface area contributed by atoms with Crippen molar-refractivity contribution in [1.29, 1.82) is 0 Å². The molecule has 0 aromatic heterocycles. The number of nitro groups is 1. The molecule has 1 N–H and O–H groups in total. The van der Waals surface area contributed by atoms with Gasteiger partial charge in [0.15, 0.2) is 0 Å². The van der Waals surface area contributed by atoms with Gasteiger partial charge in [0.25, 0.3) is 11.6 Å². The Labute approximate surface area is 121 Å². The van der Waals surface area contributed by atoms with Gasteiger partial charge in [-0.15, -0.1) is 0 Å². The molecule has 0 bridgehead atoms. The van der Waals surface area contributed by atoms with Gasteiger partial charge in [-0.2, -0.15) is 0 Å². The van der Waals surface area contributed by atoms with Gasteiger partial charge in [-0.3, -0.25) is 14.9 Å². The summed E-state index contributed by atoms with van der Waals surface area (Å²) in [6, 6.07) is 4.01. The summed E-state index contributed by atoms with van der Waals surface area (Å²) in [6.45, 7) is 1.89. The fourth-order valence-electron chi connectivity index (χ4n) is 2.22. The topological polar surface area (TPSA) is 75.5 Å². The minimum Gasteiger partial charge on any atom is -0.349 e. The maximum atomic E-state index is 12.1. The summed E-state index contributed by atoms with van der Waals surface area (Å²) < 4.78 is 0. The number of amides is 1. The van der Waals surface area contributed by atoms with Crippen LogP contribution in [0.5, 0.6) is 0 Å². The SMILES string of the molecule is CN1CCC(NC(=O)c2ccc([N+](=O)[O-])cc2Cl)CC1. The Hall–Kier alpha value is -1.66. The number of carbonyl (C=O) groups excluding carboxylic acids is 1. The number of halogens is 1. The summed E-state index contributed by atoms with van der Waals surface area (Å²) in [4.78, 5) is 24.4. The van der Waals surface area contributed by atoms with Crippen LogP contribution in [0.1, 0.15) is 23.2 Å². The Morgan fingerprint density at radius 2 is 2.10 bits per heavy atom. The van der Waals surface area contributed by atoms with Crippen molar-refractivity contribution in [2.75, 3.05) is 20.1 Å². The Bertz CT molecular complexity index is 528. The quantitative estimate of drug-likeness (QED) is 0.684. The molecule has 1 aliphatic heterocycles. The van der Waals surface area contributed by atoms with Crippen molar-refractivity contribution in [3.63, 3.8) is 0 Å². The molecule has 0 radical (unpaired) electrons. The van der Waals surface area contributed by atoms with Gasteiger partial charge in [0.2, 0.25) is 0 Å². The van der Waals surface area contributed by atoms with Crippen molar-refractivity contribution in [2.45, 2.75) is 18.9 Å². The first-order chi connectivity index (χ1) is 9.47. The monoisotopic (exact) mass is 297 g/mol. The van der Waals surface area contributed by atoms with Gasteiger partial charge >= 0.3 is 0 Å². The molecule has 0 spiro atoms. The van der Waals surface area contributed by atoms with Crippen LogP contribution in [-0.2, 0) is 0 Å². The average molecular weight is 298 g/mol. The third kappa shape index (κ3) is 3.46. The van der Waals surface area contributed by atoms with E-state index in [1.54, 1.807) is 0 Å². The second kappa shape index (κ2) is 6.19. The lowest BCUT2D eigenvalue weighted by molar-refractivity contribution is -0.384. The third-order valence-corrected chi connectivity index (χ3v) is 3.77. The molecular weight excluding hydrogens is 282 g/mol. The van der Waals surface area contributed by atoms with Gasteiger partial charge in [-0.25, -0.2) is 0 Å². The number of likely N-dealkylation sites (tertiary alicyclic amines) is 1. The highest BCUT2D eigenvalue weighted by atomic mass is 35.5. The van der Waals surface area contributed by atoms with Crippen molar-refractivity contribution < 1.29 is 9.72 Å². The Kier molecular flexibility index (Phi) is 4.57. The van der Waals surface area contributed by atoms with Crippen LogP contribution in [0.3, 0.4) is 0 Å². The van der Waals surface area contributed by atoms with E-state index in [4.69, 9.17) is 11.6 Å². The van der Waals surface area contributed by atoms with Crippen molar-refractivity contribution >= 4 is 23.2 Å². The minimum atomic E-state index is -0.537. The van der Waals surface area contributed by atoms with E-state index in [0.29, 0.717) is 0 Å². The van der Waals surface area contributed by atoms with Crippen LogP contribution >= 0.6 is 11.6 Å². The van der Waals surface area contributed by atoms with Crippen LogP contribution in [0.4, 0.5) is 5.69 Å². The van der Waals surface area contributed by atoms with Gasteiger partial charge < -0.3 is 10.2 Å². The molecule has 1 aliphatic rings. The minimum absolute atomic E-state index is 0.102. The fourth-order valence-corrected chi connectivity index (χ4v) is 2.48. The summed E-state index contributed by atoms with van der Waals surface area (Å²) in [6.07, 6.45) is 1.79. The first-order valence-electron chi connectivity index (χ1n) is 6.40. The van der Waals surface area contributed by atoms with E-state index in [0.717, 1.165) is 25.9 Å². The first-order valence-corrected chi connectivity index (χ1v) is 6.78. The van der Waals surface area contributed by atoms with E-state index in [-0.39, 0.29) is 28.2 Å². The Balaban J connectivity index is 2.04. The molecule has 1 saturated heterocycles. The number of piperidine rings is 1. The molecule has 1 aromatic carbocycles. The molecule has 7 heteroatoms. The highest BCUT2D eigenvalue weighted by Gasteiger charge is 2.21. The standard InChI is InChI=1S/C13H16ClN3O3/c1-16-6-4-9(5-7-16)15-13(18)11-3-2-10(17(19)20)8-12(11)14/h2-3,8-9H,4-7H2,1H3,(H,15,18). The molecule has 20 heavy (non-hydrogen) atoms. The second-order valence-electron chi connectivity index (χ2n) is 4.97. The lowest BCUT2D eigenvalue weighted by Crippen LogP contribution is -2.43. The summed E-state index contributed by atoms with van der Waals surface area (Å²) >= 11 is 5.94. The number of nitrogens with zero attached hydrogens (tertiary/aromatic N) is 2. The van der Waals surface area contributed by atoms with E-state index >= 15 is 0 Å². The predicted octanol–water partition coefficient (Wildman–Crippen LogP) is 2.07. The summed E-state index contributed by atoms with van der Waals surface area (Å²) in [5.41, 5.74) is 0.155. The summed E-state index contributed by atoms with van der Waals surface area (Å²) in [5, 5.41) is 13.7. The molecular formula is C13H16ClN3O3. The lowest BCUT2D eigenvalue weighted by Gasteiger charge is -2.29. The zero-order chi connectivity index (χ0) is 14.7. The number of hydrogen-bond acceptors (Lipinski definition) is 4. The second-order valence-corrected chi connectivity index (χ2v) is 5.38.